The SMILES string of the molecule is C[C@@]1(CO)CCC[C@@]2(C)c3cc(O)ccc3CC[C@@H]12. The molecule has 0 spiro atoms. The van der Waals surface area contributed by atoms with Gasteiger partial charge in [0.25, 0.3) is 0 Å². The highest BCUT2D eigenvalue weighted by Crippen LogP contribution is 2.57. The number of aliphatic hydroxyl groups is 1. The molecule has 0 aromatic heterocycles. The zero-order chi connectivity index (χ0) is 13.7. The fourth-order valence-electron chi connectivity index (χ4n) is 4.77. The first-order valence-corrected chi connectivity index (χ1v) is 7.43. The van der Waals surface area contributed by atoms with Crippen LogP contribution in [0, 0.1) is 11.3 Å². The lowest BCUT2D eigenvalue weighted by Crippen LogP contribution is -2.50. The molecule has 2 nitrogen and oxygen atoms in total. The largest absolute Gasteiger partial charge is 0.508 e. The maximum absolute atomic E-state index is 9.86. The molecule has 104 valence electrons. The molecule has 0 radical (unpaired) electrons. The Hall–Kier alpha value is -1.02. The van der Waals surface area contributed by atoms with Crippen molar-refractivity contribution in [1.29, 1.82) is 0 Å². The van der Waals surface area contributed by atoms with E-state index in [0.29, 0.717) is 11.7 Å². The number of aryl methyl sites for hydroxylation is 1. The summed E-state index contributed by atoms with van der Waals surface area (Å²) in [7, 11) is 0. The number of aromatic hydroxyl groups is 1. The second-order valence-electron chi connectivity index (χ2n) is 7.02. The summed E-state index contributed by atoms with van der Waals surface area (Å²) >= 11 is 0. The number of hydrogen-bond acceptors (Lipinski definition) is 2. The van der Waals surface area contributed by atoms with E-state index in [9.17, 15) is 10.2 Å². The normalized spacial score (nSPS) is 37.5. The molecule has 2 N–H and O–H groups in total. The molecule has 2 aliphatic rings. The van der Waals surface area contributed by atoms with Crippen LogP contribution in [0.5, 0.6) is 5.75 Å². The van der Waals surface area contributed by atoms with Gasteiger partial charge >= 0.3 is 0 Å². The van der Waals surface area contributed by atoms with E-state index in [1.165, 1.54) is 24.0 Å². The second kappa shape index (κ2) is 4.24. The predicted octanol–water partition coefficient (Wildman–Crippen LogP) is 3.39. The first-order valence-electron chi connectivity index (χ1n) is 7.43. The van der Waals surface area contributed by atoms with Crippen molar-refractivity contribution < 1.29 is 10.2 Å². The fraction of sp³-hybridized carbons (Fsp3) is 0.647. The van der Waals surface area contributed by atoms with Crippen molar-refractivity contribution in [2.24, 2.45) is 11.3 Å². The minimum atomic E-state index is 0.0378. The van der Waals surface area contributed by atoms with Crippen LogP contribution in [0.25, 0.3) is 0 Å². The molecule has 1 fully saturated rings. The van der Waals surface area contributed by atoms with Crippen molar-refractivity contribution in [2.45, 2.75) is 51.4 Å². The summed E-state index contributed by atoms with van der Waals surface area (Å²) in [6.45, 7) is 4.85. The molecule has 19 heavy (non-hydrogen) atoms. The van der Waals surface area contributed by atoms with Gasteiger partial charge in [-0.05, 0) is 65.7 Å². The van der Waals surface area contributed by atoms with E-state index in [4.69, 9.17) is 0 Å². The smallest absolute Gasteiger partial charge is 0.115 e. The topological polar surface area (TPSA) is 40.5 Å². The zero-order valence-electron chi connectivity index (χ0n) is 11.9. The predicted molar refractivity (Wildman–Crippen MR) is 76.3 cm³/mol. The molecule has 0 heterocycles. The van der Waals surface area contributed by atoms with Crippen LogP contribution in [0.2, 0.25) is 0 Å². The molecule has 0 bridgehead atoms. The van der Waals surface area contributed by atoms with Crippen molar-refractivity contribution in [2.75, 3.05) is 6.61 Å². The summed E-state index contributed by atoms with van der Waals surface area (Å²) in [6, 6.07) is 5.85. The van der Waals surface area contributed by atoms with Gasteiger partial charge in [-0.25, -0.2) is 0 Å². The van der Waals surface area contributed by atoms with Crippen molar-refractivity contribution in [1.82, 2.24) is 0 Å². The molecular weight excluding hydrogens is 236 g/mol. The van der Waals surface area contributed by atoms with Gasteiger partial charge in [0.05, 0.1) is 0 Å². The Kier molecular flexibility index (Phi) is 2.90. The summed E-state index contributed by atoms with van der Waals surface area (Å²) < 4.78 is 0. The van der Waals surface area contributed by atoms with Crippen LogP contribution in [0.3, 0.4) is 0 Å². The number of fused-ring (bicyclic) bond motifs is 3. The van der Waals surface area contributed by atoms with E-state index in [-0.39, 0.29) is 17.4 Å². The molecule has 3 rings (SSSR count). The van der Waals surface area contributed by atoms with Gasteiger partial charge in [-0.15, -0.1) is 0 Å². The van der Waals surface area contributed by atoms with Crippen LogP contribution in [0.15, 0.2) is 18.2 Å². The number of rotatable bonds is 1. The van der Waals surface area contributed by atoms with Gasteiger partial charge in [-0.2, -0.15) is 0 Å². The van der Waals surface area contributed by atoms with E-state index in [2.05, 4.69) is 19.9 Å². The van der Waals surface area contributed by atoms with E-state index in [1.807, 2.05) is 6.07 Å². The molecule has 0 amide bonds. The summed E-state index contributed by atoms with van der Waals surface area (Å²) in [4.78, 5) is 0. The van der Waals surface area contributed by atoms with E-state index >= 15 is 0 Å². The number of benzene rings is 1. The van der Waals surface area contributed by atoms with Gasteiger partial charge in [-0.1, -0.05) is 26.3 Å². The molecular formula is C17H24O2. The number of phenols is 1. The van der Waals surface area contributed by atoms with Crippen LogP contribution in [-0.2, 0) is 11.8 Å². The lowest BCUT2D eigenvalue weighted by atomic mass is 9.50. The Morgan fingerprint density at radius 2 is 2.05 bits per heavy atom. The summed E-state index contributed by atoms with van der Waals surface area (Å²) in [5, 5.41) is 19.7. The molecule has 0 unspecified atom stereocenters. The van der Waals surface area contributed by atoms with Gasteiger partial charge < -0.3 is 10.2 Å². The summed E-state index contributed by atoms with van der Waals surface area (Å²) in [5.74, 6) is 0.893. The molecule has 1 saturated carbocycles. The quantitative estimate of drug-likeness (QED) is 0.812. The lowest BCUT2D eigenvalue weighted by Gasteiger charge is -2.55. The third kappa shape index (κ3) is 1.80. The molecule has 2 aliphatic carbocycles. The lowest BCUT2D eigenvalue weighted by molar-refractivity contribution is -0.0179. The van der Waals surface area contributed by atoms with Crippen LogP contribution < -0.4 is 0 Å². The minimum absolute atomic E-state index is 0.0378. The molecule has 1 aromatic rings. The number of phenolic OH excluding ortho intramolecular Hbond substituents is 1. The second-order valence-corrected chi connectivity index (χ2v) is 7.02. The van der Waals surface area contributed by atoms with Crippen LogP contribution in [0.4, 0.5) is 0 Å². The highest BCUT2D eigenvalue weighted by atomic mass is 16.3. The fourth-order valence-corrected chi connectivity index (χ4v) is 4.77. The van der Waals surface area contributed by atoms with Gasteiger partial charge in [0, 0.05) is 6.61 Å². The third-order valence-corrected chi connectivity index (χ3v) is 5.83. The number of aliphatic hydroxyl groups excluding tert-OH is 1. The van der Waals surface area contributed by atoms with Crippen LogP contribution in [-0.4, -0.2) is 16.8 Å². The zero-order valence-corrected chi connectivity index (χ0v) is 11.9. The van der Waals surface area contributed by atoms with Crippen molar-refractivity contribution >= 4 is 0 Å². The van der Waals surface area contributed by atoms with Crippen molar-refractivity contribution in [3.63, 3.8) is 0 Å². The minimum Gasteiger partial charge on any atom is -0.508 e. The maximum atomic E-state index is 9.86. The first-order chi connectivity index (χ1) is 8.99. The summed E-state index contributed by atoms with van der Waals surface area (Å²) in [5.41, 5.74) is 2.86. The Morgan fingerprint density at radius 1 is 1.26 bits per heavy atom. The van der Waals surface area contributed by atoms with Gasteiger partial charge in [-0.3, -0.25) is 0 Å². The molecule has 0 saturated heterocycles. The standard InChI is InChI=1S/C17H24O2/c1-16(11-18)8-3-9-17(2)14-10-13(19)6-4-12(14)5-7-15(16)17/h4,6,10,15,18-19H,3,5,7-9,11H2,1-2H3/t15-,16-,17-/m0/s1. The highest BCUT2D eigenvalue weighted by Gasteiger charge is 2.51. The van der Waals surface area contributed by atoms with Crippen molar-refractivity contribution in [3.8, 4) is 5.75 Å². The monoisotopic (exact) mass is 260 g/mol. The Morgan fingerprint density at radius 3 is 2.79 bits per heavy atom. The molecule has 0 aliphatic heterocycles. The Balaban J connectivity index is 2.11. The molecule has 3 atom stereocenters. The van der Waals surface area contributed by atoms with Gasteiger partial charge in [0.1, 0.15) is 5.75 Å². The van der Waals surface area contributed by atoms with Gasteiger partial charge in [0.2, 0.25) is 0 Å². The van der Waals surface area contributed by atoms with Gasteiger partial charge in [0.15, 0.2) is 0 Å². The van der Waals surface area contributed by atoms with Crippen molar-refractivity contribution in [3.05, 3.63) is 29.3 Å². The highest BCUT2D eigenvalue weighted by molar-refractivity contribution is 5.43. The third-order valence-electron chi connectivity index (χ3n) is 5.83. The summed E-state index contributed by atoms with van der Waals surface area (Å²) in [6.07, 6.45) is 5.69. The number of hydrogen-bond donors (Lipinski definition) is 2. The van der Waals surface area contributed by atoms with E-state index < -0.39 is 0 Å². The Bertz CT molecular complexity index is 496. The first kappa shape index (κ1) is 13.0. The molecule has 1 aromatic carbocycles. The molecule has 2 heteroatoms. The Labute approximate surface area is 115 Å². The average molecular weight is 260 g/mol. The van der Waals surface area contributed by atoms with Crippen LogP contribution in [0.1, 0.15) is 50.7 Å². The van der Waals surface area contributed by atoms with E-state index in [0.717, 1.165) is 19.3 Å². The average Bonchev–Trinajstić information content (AvgIpc) is 2.39. The van der Waals surface area contributed by atoms with E-state index in [1.54, 1.807) is 6.07 Å². The van der Waals surface area contributed by atoms with Crippen LogP contribution >= 0.6 is 0 Å². The maximum Gasteiger partial charge on any atom is 0.115 e.